The van der Waals surface area contributed by atoms with Crippen molar-refractivity contribution >= 4 is 11.6 Å². The van der Waals surface area contributed by atoms with Gasteiger partial charge in [0.15, 0.2) is 0 Å². The first-order chi connectivity index (χ1) is 9.66. The number of furan rings is 1. The molecule has 1 aromatic heterocycles. The fourth-order valence-electron chi connectivity index (χ4n) is 2.02. The summed E-state index contributed by atoms with van der Waals surface area (Å²) < 4.78 is 5.29. The predicted molar refractivity (Wildman–Crippen MR) is 82.8 cm³/mol. The first-order valence-electron chi connectivity index (χ1n) is 6.83. The summed E-state index contributed by atoms with van der Waals surface area (Å²) >= 11 is 6.19. The van der Waals surface area contributed by atoms with Gasteiger partial charge in [-0.3, -0.25) is 4.90 Å². The number of hydrogen-bond acceptors (Lipinski definition) is 3. The van der Waals surface area contributed by atoms with Crippen LogP contribution in [0.2, 0.25) is 5.02 Å². The van der Waals surface area contributed by atoms with E-state index in [9.17, 15) is 0 Å². The van der Waals surface area contributed by atoms with E-state index in [1.807, 2.05) is 30.3 Å². The van der Waals surface area contributed by atoms with E-state index < -0.39 is 0 Å². The van der Waals surface area contributed by atoms with Crippen molar-refractivity contribution in [2.75, 3.05) is 13.6 Å². The Labute approximate surface area is 125 Å². The molecule has 0 aliphatic heterocycles. The molecule has 0 spiro atoms. The molecular weight excluding hydrogens is 272 g/mol. The van der Waals surface area contributed by atoms with Crippen molar-refractivity contribution < 1.29 is 4.42 Å². The average molecular weight is 293 g/mol. The summed E-state index contributed by atoms with van der Waals surface area (Å²) in [7, 11) is 2.11. The lowest BCUT2D eigenvalue weighted by atomic mass is 10.2. The summed E-state index contributed by atoms with van der Waals surface area (Å²) in [6.07, 6.45) is 1.70. The summed E-state index contributed by atoms with van der Waals surface area (Å²) in [4.78, 5) is 2.29. The van der Waals surface area contributed by atoms with E-state index in [0.717, 1.165) is 36.0 Å². The van der Waals surface area contributed by atoms with Crippen molar-refractivity contribution in [2.24, 2.45) is 0 Å². The highest BCUT2D eigenvalue weighted by Crippen LogP contribution is 2.17. The molecule has 0 amide bonds. The first-order valence-corrected chi connectivity index (χ1v) is 7.21. The Hall–Kier alpha value is -1.29. The molecule has 0 aliphatic carbocycles. The van der Waals surface area contributed by atoms with Crippen LogP contribution in [0.5, 0.6) is 0 Å². The van der Waals surface area contributed by atoms with Crippen molar-refractivity contribution in [2.45, 2.75) is 26.1 Å². The van der Waals surface area contributed by atoms with Gasteiger partial charge >= 0.3 is 0 Å². The van der Waals surface area contributed by atoms with E-state index in [2.05, 4.69) is 30.3 Å². The molecule has 1 aromatic carbocycles. The molecule has 0 saturated carbocycles. The van der Waals surface area contributed by atoms with Gasteiger partial charge in [-0.15, -0.1) is 0 Å². The lowest BCUT2D eigenvalue weighted by Crippen LogP contribution is -2.37. The largest absolute Gasteiger partial charge is 0.468 e. The van der Waals surface area contributed by atoms with Crippen LogP contribution in [-0.2, 0) is 13.1 Å². The molecule has 0 bridgehead atoms. The van der Waals surface area contributed by atoms with E-state index in [4.69, 9.17) is 16.0 Å². The second-order valence-corrected chi connectivity index (χ2v) is 5.47. The van der Waals surface area contributed by atoms with Gasteiger partial charge in [-0.2, -0.15) is 0 Å². The SMILES string of the molecule is CC(CNCc1ccco1)N(C)Cc1ccccc1Cl. The zero-order chi connectivity index (χ0) is 14.4. The van der Waals surface area contributed by atoms with Crippen LogP contribution in [0.15, 0.2) is 47.1 Å². The van der Waals surface area contributed by atoms with Gasteiger partial charge in [0.1, 0.15) is 5.76 Å². The fraction of sp³-hybridized carbons (Fsp3) is 0.375. The molecule has 0 saturated heterocycles. The minimum Gasteiger partial charge on any atom is -0.468 e. The first kappa shape index (κ1) is 15.1. The van der Waals surface area contributed by atoms with Crippen LogP contribution in [0.1, 0.15) is 18.2 Å². The van der Waals surface area contributed by atoms with E-state index in [1.165, 1.54) is 0 Å². The van der Waals surface area contributed by atoms with E-state index in [-0.39, 0.29) is 0 Å². The molecular formula is C16H21ClN2O. The minimum absolute atomic E-state index is 0.418. The highest BCUT2D eigenvalue weighted by atomic mass is 35.5. The molecule has 1 atom stereocenters. The Balaban J connectivity index is 1.77. The van der Waals surface area contributed by atoms with Gasteiger partial charge in [-0.05, 0) is 37.7 Å². The normalized spacial score (nSPS) is 12.8. The highest BCUT2D eigenvalue weighted by Gasteiger charge is 2.11. The topological polar surface area (TPSA) is 28.4 Å². The third kappa shape index (κ3) is 4.37. The molecule has 108 valence electrons. The van der Waals surface area contributed by atoms with Crippen molar-refractivity contribution in [1.82, 2.24) is 10.2 Å². The Morgan fingerprint density at radius 3 is 2.75 bits per heavy atom. The Morgan fingerprint density at radius 1 is 1.25 bits per heavy atom. The van der Waals surface area contributed by atoms with Gasteiger partial charge in [0.05, 0.1) is 12.8 Å². The van der Waals surface area contributed by atoms with E-state index in [1.54, 1.807) is 6.26 Å². The van der Waals surface area contributed by atoms with E-state index >= 15 is 0 Å². The summed E-state index contributed by atoms with van der Waals surface area (Å²) in [6, 6.07) is 12.3. The molecule has 0 fully saturated rings. The molecule has 4 heteroatoms. The Morgan fingerprint density at radius 2 is 2.05 bits per heavy atom. The number of nitrogens with zero attached hydrogens (tertiary/aromatic N) is 1. The lowest BCUT2D eigenvalue weighted by molar-refractivity contribution is 0.241. The van der Waals surface area contributed by atoms with Crippen LogP contribution < -0.4 is 5.32 Å². The summed E-state index contributed by atoms with van der Waals surface area (Å²) in [5, 5.41) is 4.23. The van der Waals surface area contributed by atoms with Gasteiger partial charge in [-0.1, -0.05) is 29.8 Å². The monoisotopic (exact) mass is 292 g/mol. The summed E-state index contributed by atoms with van der Waals surface area (Å²) in [6.45, 7) is 4.72. The van der Waals surface area contributed by atoms with Crippen LogP contribution >= 0.6 is 11.6 Å². The molecule has 20 heavy (non-hydrogen) atoms. The zero-order valence-corrected chi connectivity index (χ0v) is 12.7. The Bertz CT molecular complexity index is 513. The van der Waals surface area contributed by atoms with Gasteiger partial charge in [0, 0.05) is 24.2 Å². The second kappa shape index (κ2) is 7.48. The molecule has 0 aliphatic rings. The quantitative estimate of drug-likeness (QED) is 0.846. The van der Waals surface area contributed by atoms with Gasteiger partial charge in [0.25, 0.3) is 0 Å². The molecule has 2 aromatic rings. The van der Waals surface area contributed by atoms with Crippen LogP contribution in [0.25, 0.3) is 0 Å². The average Bonchev–Trinajstić information content (AvgIpc) is 2.94. The maximum Gasteiger partial charge on any atom is 0.117 e. The van der Waals surface area contributed by atoms with Gasteiger partial charge in [-0.25, -0.2) is 0 Å². The number of hydrogen-bond donors (Lipinski definition) is 1. The summed E-state index contributed by atoms with van der Waals surface area (Å²) in [5.41, 5.74) is 1.16. The van der Waals surface area contributed by atoms with Crippen LogP contribution in [0, 0.1) is 0 Å². The third-order valence-corrected chi connectivity index (χ3v) is 3.82. The van der Waals surface area contributed by atoms with Crippen LogP contribution in [0.3, 0.4) is 0 Å². The maximum absolute atomic E-state index is 6.19. The number of nitrogens with one attached hydrogen (secondary N) is 1. The second-order valence-electron chi connectivity index (χ2n) is 5.07. The van der Waals surface area contributed by atoms with E-state index in [0.29, 0.717) is 6.04 Å². The number of likely N-dealkylation sites (N-methyl/N-ethyl adjacent to an activating group) is 1. The lowest BCUT2D eigenvalue weighted by Gasteiger charge is -2.25. The number of halogens is 1. The van der Waals surface area contributed by atoms with Crippen molar-refractivity contribution in [3.05, 3.63) is 59.0 Å². The van der Waals surface area contributed by atoms with Crippen LogP contribution in [0.4, 0.5) is 0 Å². The van der Waals surface area contributed by atoms with Crippen molar-refractivity contribution in [1.29, 1.82) is 0 Å². The molecule has 2 rings (SSSR count). The Kier molecular flexibility index (Phi) is 5.65. The molecule has 1 unspecified atom stereocenters. The molecule has 1 N–H and O–H groups in total. The molecule has 3 nitrogen and oxygen atoms in total. The van der Waals surface area contributed by atoms with Gasteiger partial charge in [0.2, 0.25) is 0 Å². The minimum atomic E-state index is 0.418. The van der Waals surface area contributed by atoms with Gasteiger partial charge < -0.3 is 9.73 Å². The summed E-state index contributed by atoms with van der Waals surface area (Å²) in [5.74, 6) is 0.964. The van der Waals surface area contributed by atoms with Crippen molar-refractivity contribution in [3.63, 3.8) is 0 Å². The fourth-order valence-corrected chi connectivity index (χ4v) is 2.22. The highest BCUT2D eigenvalue weighted by molar-refractivity contribution is 6.31. The molecule has 0 radical (unpaired) electrons. The zero-order valence-electron chi connectivity index (χ0n) is 12.0. The third-order valence-electron chi connectivity index (χ3n) is 3.45. The smallest absolute Gasteiger partial charge is 0.117 e. The van der Waals surface area contributed by atoms with Crippen molar-refractivity contribution in [3.8, 4) is 0 Å². The predicted octanol–water partition coefficient (Wildman–Crippen LogP) is 3.54. The standard InChI is InChI=1S/C16H21ClN2O/c1-13(10-18-11-15-7-5-9-20-15)19(2)12-14-6-3-4-8-16(14)17/h3-9,13,18H,10-12H2,1-2H3. The maximum atomic E-state index is 6.19. The molecule has 1 heterocycles. The number of benzene rings is 1. The number of rotatable bonds is 7. The van der Waals surface area contributed by atoms with Crippen LogP contribution in [-0.4, -0.2) is 24.5 Å².